The Balaban J connectivity index is 2.09. The fraction of sp³-hybridized carbons (Fsp3) is 0.308. The summed E-state index contributed by atoms with van der Waals surface area (Å²) < 4.78 is 0.852. The Hall–Kier alpha value is -1.09. The largest absolute Gasteiger partial charge is 0.339 e. The highest BCUT2D eigenvalue weighted by Gasteiger charge is 2.16. The minimum Gasteiger partial charge on any atom is -0.339 e. The van der Waals surface area contributed by atoms with Crippen LogP contribution in [-0.2, 0) is 4.79 Å². The van der Waals surface area contributed by atoms with E-state index in [0.717, 1.165) is 36.0 Å². The summed E-state index contributed by atoms with van der Waals surface area (Å²) in [7, 11) is 0. The van der Waals surface area contributed by atoms with Crippen LogP contribution in [-0.4, -0.2) is 23.9 Å². The number of likely N-dealkylation sites (tertiary alicyclic amines) is 1. The van der Waals surface area contributed by atoms with Gasteiger partial charge in [0.2, 0.25) is 5.91 Å². The van der Waals surface area contributed by atoms with Gasteiger partial charge in [0.15, 0.2) is 0 Å². The van der Waals surface area contributed by atoms with Crippen molar-refractivity contribution in [2.45, 2.75) is 12.8 Å². The zero-order valence-electron chi connectivity index (χ0n) is 9.03. The van der Waals surface area contributed by atoms with E-state index in [1.165, 1.54) is 0 Å². The molecule has 2 rings (SSSR count). The monoisotopic (exact) mass is 279 g/mol. The molecule has 1 fully saturated rings. The van der Waals surface area contributed by atoms with Crippen LogP contribution in [0.15, 0.2) is 36.4 Å². The van der Waals surface area contributed by atoms with Crippen LogP contribution in [0.5, 0.6) is 0 Å². The van der Waals surface area contributed by atoms with Crippen molar-refractivity contribution in [2.24, 2.45) is 0 Å². The first-order chi connectivity index (χ1) is 7.77. The van der Waals surface area contributed by atoms with Crippen LogP contribution < -0.4 is 0 Å². The first kappa shape index (κ1) is 11.4. The minimum atomic E-state index is 0.105. The quantitative estimate of drug-likeness (QED) is 0.762. The molecule has 1 saturated heterocycles. The fourth-order valence-electron chi connectivity index (χ4n) is 1.82. The summed E-state index contributed by atoms with van der Waals surface area (Å²) in [5.74, 6) is 0.105. The van der Waals surface area contributed by atoms with E-state index in [2.05, 4.69) is 15.9 Å². The molecule has 1 aromatic carbocycles. The molecule has 0 unspecified atom stereocenters. The molecule has 0 atom stereocenters. The predicted molar refractivity (Wildman–Crippen MR) is 69.2 cm³/mol. The molecule has 16 heavy (non-hydrogen) atoms. The molecule has 0 radical (unpaired) electrons. The van der Waals surface area contributed by atoms with E-state index in [-0.39, 0.29) is 5.91 Å². The highest BCUT2D eigenvalue weighted by Crippen LogP contribution is 2.21. The smallest absolute Gasteiger partial charge is 0.247 e. The molecule has 0 bridgehead atoms. The molecular weight excluding hydrogens is 266 g/mol. The molecule has 0 aromatic heterocycles. The molecule has 1 aliphatic rings. The number of halogens is 1. The van der Waals surface area contributed by atoms with Gasteiger partial charge < -0.3 is 4.90 Å². The van der Waals surface area contributed by atoms with Gasteiger partial charge in [0.1, 0.15) is 0 Å². The lowest BCUT2D eigenvalue weighted by Gasteiger charge is -2.12. The Morgan fingerprint density at radius 2 is 1.81 bits per heavy atom. The van der Waals surface area contributed by atoms with E-state index in [1.807, 2.05) is 35.2 Å². The Morgan fingerprint density at radius 1 is 1.19 bits per heavy atom. The van der Waals surface area contributed by atoms with E-state index >= 15 is 0 Å². The number of amides is 1. The van der Waals surface area contributed by atoms with Crippen LogP contribution in [0.1, 0.15) is 18.4 Å². The molecule has 0 saturated carbocycles. The molecule has 1 aliphatic heterocycles. The van der Waals surface area contributed by atoms with Crippen LogP contribution in [0.2, 0.25) is 0 Å². The summed E-state index contributed by atoms with van der Waals surface area (Å²) in [5.41, 5.74) is 1.04. The number of carbonyl (C=O) groups excluding carboxylic acids is 1. The van der Waals surface area contributed by atoms with Crippen molar-refractivity contribution in [3.8, 4) is 0 Å². The second-order valence-electron chi connectivity index (χ2n) is 3.89. The summed E-state index contributed by atoms with van der Waals surface area (Å²) >= 11 is 3.45. The number of hydrogen-bond acceptors (Lipinski definition) is 1. The van der Waals surface area contributed by atoms with Crippen molar-refractivity contribution in [3.63, 3.8) is 0 Å². The van der Waals surface area contributed by atoms with Gasteiger partial charge in [0.05, 0.1) is 0 Å². The SMILES string of the molecule is O=C(/C=C(\Br)c1ccccc1)N1CCCC1. The summed E-state index contributed by atoms with van der Waals surface area (Å²) in [6.07, 6.45) is 3.92. The van der Waals surface area contributed by atoms with Crippen molar-refractivity contribution < 1.29 is 4.79 Å². The van der Waals surface area contributed by atoms with Gasteiger partial charge in [0.25, 0.3) is 0 Å². The highest BCUT2D eigenvalue weighted by atomic mass is 79.9. The molecule has 2 nitrogen and oxygen atoms in total. The van der Waals surface area contributed by atoms with Crippen molar-refractivity contribution >= 4 is 26.3 Å². The topological polar surface area (TPSA) is 20.3 Å². The number of hydrogen-bond donors (Lipinski definition) is 0. The normalized spacial score (nSPS) is 16.6. The van der Waals surface area contributed by atoms with E-state index in [0.29, 0.717) is 0 Å². The van der Waals surface area contributed by atoms with Gasteiger partial charge in [0, 0.05) is 23.6 Å². The number of carbonyl (C=O) groups is 1. The molecule has 84 valence electrons. The standard InChI is InChI=1S/C13H14BrNO/c14-12(11-6-2-1-3-7-11)10-13(16)15-8-4-5-9-15/h1-3,6-7,10H,4-5,8-9H2/b12-10-. The maximum atomic E-state index is 11.8. The van der Waals surface area contributed by atoms with E-state index in [4.69, 9.17) is 0 Å². The van der Waals surface area contributed by atoms with E-state index in [1.54, 1.807) is 6.08 Å². The zero-order chi connectivity index (χ0) is 11.4. The number of rotatable bonds is 2. The average Bonchev–Trinajstić information content (AvgIpc) is 2.83. The zero-order valence-corrected chi connectivity index (χ0v) is 10.6. The Bertz CT molecular complexity index is 394. The Morgan fingerprint density at radius 3 is 2.44 bits per heavy atom. The van der Waals surface area contributed by atoms with Crippen LogP contribution in [0.25, 0.3) is 4.48 Å². The maximum absolute atomic E-state index is 11.8. The van der Waals surface area contributed by atoms with Crippen molar-refractivity contribution in [3.05, 3.63) is 42.0 Å². The van der Waals surface area contributed by atoms with Crippen LogP contribution in [0.3, 0.4) is 0 Å². The van der Waals surface area contributed by atoms with Crippen LogP contribution in [0, 0.1) is 0 Å². The maximum Gasteiger partial charge on any atom is 0.247 e. The first-order valence-corrected chi connectivity index (χ1v) is 6.28. The first-order valence-electron chi connectivity index (χ1n) is 5.49. The number of nitrogens with zero attached hydrogens (tertiary/aromatic N) is 1. The van der Waals surface area contributed by atoms with E-state index < -0.39 is 0 Å². The lowest BCUT2D eigenvalue weighted by molar-refractivity contribution is -0.124. The molecule has 3 heteroatoms. The third-order valence-electron chi connectivity index (χ3n) is 2.72. The Kier molecular flexibility index (Phi) is 3.78. The summed E-state index contributed by atoms with van der Waals surface area (Å²) in [6, 6.07) is 9.86. The molecule has 1 heterocycles. The van der Waals surface area contributed by atoms with Gasteiger partial charge in [-0.1, -0.05) is 30.3 Å². The molecule has 0 spiro atoms. The van der Waals surface area contributed by atoms with Crippen molar-refractivity contribution in [1.29, 1.82) is 0 Å². The summed E-state index contributed by atoms with van der Waals surface area (Å²) in [6.45, 7) is 1.79. The lowest BCUT2D eigenvalue weighted by Crippen LogP contribution is -2.25. The van der Waals surface area contributed by atoms with Gasteiger partial charge in [-0.3, -0.25) is 4.79 Å². The predicted octanol–water partition coefficient (Wildman–Crippen LogP) is 3.04. The van der Waals surface area contributed by atoms with Crippen molar-refractivity contribution in [2.75, 3.05) is 13.1 Å². The summed E-state index contributed by atoms with van der Waals surface area (Å²) in [4.78, 5) is 13.7. The van der Waals surface area contributed by atoms with Gasteiger partial charge in [-0.05, 0) is 34.3 Å². The van der Waals surface area contributed by atoms with Gasteiger partial charge in [-0.25, -0.2) is 0 Å². The van der Waals surface area contributed by atoms with Crippen molar-refractivity contribution in [1.82, 2.24) is 4.90 Å². The second-order valence-corrected chi connectivity index (χ2v) is 4.75. The molecule has 1 amide bonds. The van der Waals surface area contributed by atoms with Gasteiger partial charge in [-0.2, -0.15) is 0 Å². The van der Waals surface area contributed by atoms with Gasteiger partial charge in [-0.15, -0.1) is 0 Å². The highest BCUT2D eigenvalue weighted by molar-refractivity contribution is 9.15. The average molecular weight is 280 g/mol. The van der Waals surface area contributed by atoms with Crippen LogP contribution in [0.4, 0.5) is 0 Å². The third-order valence-corrected chi connectivity index (χ3v) is 3.40. The lowest BCUT2D eigenvalue weighted by atomic mass is 10.2. The molecular formula is C13H14BrNO. The minimum absolute atomic E-state index is 0.105. The van der Waals surface area contributed by atoms with E-state index in [9.17, 15) is 4.79 Å². The second kappa shape index (κ2) is 5.30. The third kappa shape index (κ3) is 2.73. The molecule has 0 N–H and O–H groups in total. The fourth-order valence-corrected chi connectivity index (χ4v) is 2.28. The summed E-state index contributed by atoms with van der Waals surface area (Å²) in [5, 5.41) is 0. The molecule has 1 aromatic rings. The molecule has 0 aliphatic carbocycles. The Labute approximate surface area is 104 Å². The number of benzene rings is 1. The van der Waals surface area contributed by atoms with Crippen LogP contribution >= 0.6 is 15.9 Å². The van der Waals surface area contributed by atoms with Gasteiger partial charge >= 0.3 is 0 Å².